The van der Waals surface area contributed by atoms with Gasteiger partial charge in [-0.3, -0.25) is 14.9 Å². The molecule has 0 spiro atoms. The van der Waals surface area contributed by atoms with Crippen LogP contribution in [0, 0.1) is 10.1 Å². The van der Waals surface area contributed by atoms with E-state index < -0.39 is 46.7 Å². The number of rotatable bonds is 16. The first-order valence-electron chi connectivity index (χ1n) is 16.2. The van der Waals surface area contributed by atoms with Crippen molar-refractivity contribution in [1.29, 1.82) is 0 Å². The molecular weight excluding hydrogens is 662 g/mol. The number of nitro benzene ring substituents is 1. The predicted molar refractivity (Wildman–Crippen MR) is 187 cm³/mol. The maximum absolute atomic E-state index is 13.5. The van der Waals surface area contributed by atoms with Crippen molar-refractivity contribution in [2.24, 2.45) is 0 Å². The van der Waals surface area contributed by atoms with E-state index in [4.69, 9.17) is 28.4 Å². The van der Waals surface area contributed by atoms with Crippen LogP contribution in [-0.2, 0) is 48.1 Å². The first-order chi connectivity index (χ1) is 24.4. The second kappa shape index (κ2) is 18.3. The lowest BCUT2D eigenvalue weighted by molar-refractivity contribution is -0.385. The highest BCUT2D eigenvalue weighted by Crippen LogP contribution is 2.35. The Labute approximate surface area is 294 Å². The summed E-state index contributed by atoms with van der Waals surface area (Å²) in [7, 11) is 1.59. The zero-order chi connectivity index (χ0) is 35.3. The minimum atomic E-state index is -0.906. The predicted octanol–water partition coefficient (Wildman–Crippen LogP) is 6.56. The number of para-hydroxylation sites is 1. The van der Waals surface area contributed by atoms with Crippen LogP contribution in [0.3, 0.4) is 0 Å². The van der Waals surface area contributed by atoms with Crippen LogP contribution < -0.4 is 4.74 Å². The van der Waals surface area contributed by atoms with Gasteiger partial charge in [0, 0.05) is 11.6 Å². The van der Waals surface area contributed by atoms with Gasteiger partial charge in [0.05, 0.1) is 37.2 Å². The number of nitrogens with zero attached hydrogens (tertiary/aromatic N) is 1. The second-order valence-corrected chi connectivity index (χ2v) is 12.7. The van der Waals surface area contributed by atoms with Crippen LogP contribution in [0.15, 0.2) is 109 Å². The van der Waals surface area contributed by atoms with E-state index in [1.54, 1.807) is 37.4 Å². The summed E-state index contributed by atoms with van der Waals surface area (Å²) in [5.41, 5.74) is 1.46. The van der Waals surface area contributed by atoms with Crippen LogP contribution >= 0.6 is 11.8 Å². The number of hydrogen-bond acceptors (Lipinski definition) is 11. The number of carbonyl (C=O) groups excluding carboxylic acids is 2. The van der Waals surface area contributed by atoms with Crippen molar-refractivity contribution < 1.29 is 42.9 Å². The summed E-state index contributed by atoms with van der Waals surface area (Å²) >= 11 is 1.42. The Morgan fingerprint density at radius 1 is 0.800 bits per heavy atom. The van der Waals surface area contributed by atoms with E-state index >= 15 is 0 Å². The van der Waals surface area contributed by atoms with Crippen molar-refractivity contribution in [3.8, 4) is 5.75 Å². The zero-order valence-corrected chi connectivity index (χ0v) is 28.6. The van der Waals surface area contributed by atoms with Crippen LogP contribution in [0.2, 0.25) is 0 Å². The van der Waals surface area contributed by atoms with Crippen LogP contribution in [0.25, 0.3) is 0 Å². The van der Waals surface area contributed by atoms with E-state index in [1.807, 2.05) is 67.6 Å². The molecule has 1 fully saturated rings. The fourth-order valence-corrected chi connectivity index (χ4v) is 6.44. The molecule has 0 unspecified atom stereocenters. The van der Waals surface area contributed by atoms with Crippen molar-refractivity contribution >= 4 is 29.4 Å². The lowest BCUT2D eigenvalue weighted by atomic mass is 9.98. The van der Waals surface area contributed by atoms with Gasteiger partial charge >= 0.3 is 11.9 Å². The first kappa shape index (κ1) is 36.5. The second-order valence-electron chi connectivity index (χ2n) is 11.4. The fourth-order valence-electron chi connectivity index (χ4n) is 5.49. The lowest BCUT2D eigenvalue weighted by Crippen LogP contribution is -2.61. The smallest absolute Gasteiger partial charge is 0.338 e. The largest absolute Gasteiger partial charge is 0.497 e. The van der Waals surface area contributed by atoms with Gasteiger partial charge in [-0.2, -0.15) is 0 Å². The summed E-state index contributed by atoms with van der Waals surface area (Å²) in [6.07, 6.45) is -3.78. The van der Waals surface area contributed by atoms with E-state index in [1.165, 1.54) is 30.0 Å². The van der Waals surface area contributed by atoms with E-state index in [9.17, 15) is 19.7 Å². The minimum Gasteiger partial charge on any atom is -0.497 e. The Morgan fingerprint density at radius 2 is 1.42 bits per heavy atom. The number of benzene rings is 4. The molecule has 50 heavy (non-hydrogen) atoms. The molecule has 5 rings (SSSR count). The maximum Gasteiger partial charge on any atom is 0.338 e. The van der Waals surface area contributed by atoms with Gasteiger partial charge in [0.15, 0.2) is 6.10 Å². The highest BCUT2D eigenvalue weighted by molar-refractivity contribution is 7.99. The van der Waals surface area contributed by atoms with Gasteiger partial charge in [-0.1, -0.05) is 85.8 Å². The van der Waals surface area contributed by atoms with Crippen molar-refractivity contribution in [2.75, 3.05) is 19.5 Å². The third kappa shape index (κ3) is 9.91. The Balaban J connectivity index is 1.44. The summed E-state index contributed by atoms with van der Waals surface area (Å²) in [6, 6.07) is 31.6. The summed E-state index contributed by atoms with van der Waals surface area (Å²) in [5, 5.41) is 11.5. The Kier molecular flexibility index (Phi) is 13.4. The molecule has 1 aliphatic rings. The number of carbonyl (C=O) groups is 2. The monoisotopic (exact) mass is 701 g/mol. The number of ether oxygens (including phenoxy) is 6. The van der Waals surface area contributed by atoms with Crippen LogP contribution in [-0.4, -0.2) is 66.2 Å². The molecule has 12 heteroatoms. The molecule has 1 saturated heterocycles. The topological polar surface area (TPSA) is 133 Å². The van der Waals surface area contributed by atoms with Crippen LogP contribution in [0.1, 0.15) is 34.0 Å². The van der Waals surface area contributed by atoms with Crippen LogP contribution in [0.4, 0.5) is 5.69 Å². The number of hydrogen-bond donors (Lipinski definition) is 0. The molecule has 0 radical (unpaired) electrons. The SMILES string of the molecule is CCS[C@@H]1O[C@H](COC(=O)Cc2ccccc2[N+](=O)[O-])[C@@H](OCc2ccc(OC)cc2)[C@H](OCc2ccccc2)[C@H]1OC(=O)c1ccccc1. The number of thioether (sulfide) groups is 1. The highest BCUT2D eigenvalue weighted by atomic mass is 32.2. The van der Waals surface area contributed by atoms with Crippen molar-refractivity contribution in [3.05, 3.63) is 142 Å². The minimum absolute atomic E-state index is 0.134. The molecule has 5 atom stereocenters. The van der Waals surface area contributed by atoms with E-state index in [0.29, 0.717) is 17.1 Å². The maximum atomic E-state index is 13.5. The third-order valence-corrected chi connectivity index (χ3v) is 9.03. The third-order valence-electron chi connectivity index (χ3n) is 7.99. The van der Waals surface area contributed by atoms with Crippen molar-refractivity contribution in [2.45, 2.75) is 56.4 Å². The molecule has 0 aromatic heterocycles. The molecule has 1 heterocycles. The summed E-state index contributed by atoms with van der Waals surface area (Å²) < 4.78 is 36.8. The molecule has 4 aromatic carbocycles. The standard InChI is InChI=1S/C38H39NO10S/c1-3-50-38-36(49-37(41)28-14-8-5-9-15-28)35(47-23-26-12-6-4-7-13-26)34(46-24-27-18-20-30(44-2)21-19-27)32(48-38)25-45-33(40)22-29-16-10-11-17-31(29)39(42)43/h4-21,32,34-36,38H,3,22-25H2,1-2H3/t32-,34-,35+,36-,38+/m1/s1. The highest BCUT2D eigenvalue weighted by Gasteiger charge is 2.50. The molecule has 1 aliphatic heterocycles. The lowest BCUT2D eigenvalue weighted by Gasteiger charge is -2.45. The van der Waals surface area contributed by atoms with Crippen molar-refractivity contribution in [1.82, 2.24) is 0 Å². The number of esters is 2. The molecule has 11 nitrogen and oxygen atoms in total. The Hall–Kier alpha value is -4.75. The van der Waals surface area contributed by atoms with Gasteiger partial charge in [-0.05, 0) is 41.1 Å². The molecular formula is C38H39NO10S. The fraction of sp³-hybridized carbons (Fsp3) is 0.316. The molecule has 0 amide bonds. The number of methoxy groups -OCH3 is 1. The zero-order valence-electron chi connectivity index (χ0n) is 27.8. The molecule has 0 aliphatic carbocycles. The van der Waals surface area contributed by atoms with Gasteiger partial charge in [-0.25, -0.2) is 4.79 Å². The summed E-state index contributed by atoms with van der Waals surface area (Å²) in [5.74, 6) is 0.0970. The number of nitro groups is 1. The van der Waals surface area contributed by atoms with Gasteiger partial charge in [0.1, 0.15) is 36.1 Å². The van der Waals surface area contributed by atoms with Gasteiger partial charge in [-0.15, -0.1) is 11.8 Å². The normalized spacial score (nSPS) is 20.1. The molecule has 0 bridgehead atoms. The van der Waals surface area contributed by atoms with E-state index in [2.05, 4.69) is 0 Å². The average molecular weight is 702 g/mol. The van der Waals surface area contributed by atoms with Gasteiger partial charge in [0.25, 0.3) is 5.69 Å². The molecule has 262 valence electrons. The van der Waals surface area contributed by atoms with Crippen molar-refractivity contribution in [3.63, 3.8) is 0 Å². The Morgan fingerprint density at radius 3 is 2.08 bits per heavy atom. The van der Waals surface area contributed by atoms with Gasteiger partial charge in [0.2, 0.25) is 0 Å². The quantitative estimate of drug-likeness (QED) is 0.0714. The molecule has 4 aromatic rings. The molecule has 0 N–H and O–H groups in total. The first-order valence-corrected chi connectivity index (χ1v) is 17.2. The van der Waals surface area contributed by atoms with E-state index in [-0.39, 0.29) is 37.5 Å². The average Bonchev–Trinajstić information content (AvgIpc) is 3.14. The van der Waals surface area contributed by atoms with E-state index in [0.717, 1.165) is 11.1 Å². The van der Waals surface area contributed by atoms with Gasteiger partial charge < -0.3 is 28.4 Å². The summed E-state index contributed by atoms with van der Waals surface area (Å²) in [4.78, 5) is 37.5. The molecule has 0 saturated carbocycles. The van der Waals surface area contributed by atoms with Crippen LogP contribution in [0.5, 0.6) is 5.75 Å². The Bertz CT molecular complexity index is 1690. The summed E-state index contributed by atoms with van der Waals surface area (Å²) in [6.45, 7) is 2.03.